The van der Waals surface area contributed by atoms with Gasteiger partial charge in [-0.05, 0) is 19.1 Å². The van der Waals surface area contributed by atoms with Crippen LogP contribution < -0.4 is 5.73 Å². The van der Waals surface area contributed by atoms with Crippen LogP contribution >= 0.6 is 24.0 Å². The Morgan fingerprint density at radius 3 is 2.56 bits per heavy atom. The molecule has 0 saturated heterocycles. The number of nitrogens with zero attached hydrogens (tertiary/aromatic N) is 1. The fourth-order valence-electron chi connectivity index (χ4n) is 1.22. The molecule has 0 amide bonds. The normalized spacial score (nSPS) is 13.8. The maximum atomic E-state index is 10.7. The molecule has 0 saturated carbocycles. The molecule has 16 heavy (non-hydrogen) atoms. The number of aliphatic hydroxyl groups excluding tert-OH is 1. The van der Waals surface area contributed by atoms with E-state index >= 15 is 0 Å². The molecule has 3 N–H and O–H groups in total. The lowest BCUT2D eigenvalue weighted by Crippen LogP contribution is -2.24. The molecule has 7 heteroatoms. The number of hydrogen-bond acceptors (Lipinski definition) is 4. The number of halogens is 2. The predicted octanol–water partition coefficient (Wildman–Crippen LogP) is 2.05. The summed E-state index contributed by atoms with van der Waals surface area (Å²) in [6.45, 7) is 1.47. The lowest BCUT2D eigenvalue weighted by atomic mass is 10.0. The number of nitro groups is 1. The highest BCUT2D eigenvalue weighted by atomic mass is 35.5. The molecule has 0 fully saturated rings. The third-order valence-electron chi connectivity index (χ3n) is 2.07. The molecule has 0 heterocycles. The van der Waals surface area contributed by atoms with E-state index < -0.39 is 17.1 Å². The number of hydrogen-bond donors (Lipinski definition) is 2. The lowest BCUT2D eigenvalue weighted by Gasteiger charge is -2.15. The van der Waals surface area contributed by atoms with E-state index in [9.17, 15) is 15.2 Å². The van der Waals surface area contributed by atoms with E-state index in [1.54, 1.807) is 0 Å². The molecule has 0 radical (unpaired) electrons. The van der Waals surface area contributed by atoms with Gasteiger partial charge < -0.3 is 10.8 Å². The van der Waals surface area contributed by atoms with Crippen molar-refractivity contribution < 1.29 is 10.0 Å². The highest BCUT2D eigenvalue weighted by molar-refractivity contribution is 6.30. The Kier molecular flexibility index (Phi) is 5.67. The van der Waals surface area contributed by atoms with Gasteiger partial charge >= 0.3 is 0 Å². The Hall–Kier alpha value is -0.880. The molecule has 0 aromatic heterocycles. The van der Waals surface area contributed by atoms with Crippen LogP contribution in [0, 0.1) is 10.1 Å². The van der Waals surface area contributed by atoms with Gasteiger partial charge in [-0.1, -0.05) is 11.6 Å². The van der Waals surface area contributed by atoms with Crippen molar-refractivity contribution in [1.82, 2.24) is 0 Å². The molecule has 0 aliphatic carbocycles. The molecular weight excluding hydrogens is 255 g/mol. The Balaban J connectivity index is 0.00000225. The van der Waals surface area contributed by atoms with Crippen LogP contribution in [-0.4, -0.2) is 16.1 Å². The molecule has 0 spiro atoms. The molecule has 0 unspecified atom stereocenters. The number of nitro benzene ring substituents is 1. The average Bonchev–Trinajstić information content (AvgIpc) is 2.15. The first-order chi connectivity index (χ1) is 6.93. The summed E-state index contributed by atoms with van der Waals surface area (Å²) in [7, 11) is 0. The average molecular weight is 267 g/mol. The second kappa shape index (κ2) is 6.00. The van der Waals surface area contributed by atoms with E-state index in [1.807, 2.05) is 0 Å². The summed E-state index contributed by atoms with van der Waals surface area (Å²) in [6, 6.07) is 3.28. The Morgan fingerprint density at radius 2 is 2.12 bits per heavy atom. The third kappa shape index (κ3) is 3.31. The summed E-state index contributed by atoms with van der Waals surface area (Å²) < 4.78 is 0. The van der Waals surface area contributed by atoms with Crippen LogP contribution in [0.4, 0.5) is 5.69 Å². The van der Waals surface area contributed by atoms with Gasteiger partial charge in [-0.15, -0.1) is 12.4 Å². The molecule has 2 atom stereocenters. The summed E-state index contributed by atoms with van der Waals surface area (Å²) in [5, 5.41) is 20.3. The van der Waals surface area contributed by atoms with Crippen molar-refractivity contribution in [2.24, 2.45) is 5.73 Å². The van der Waals surface area contributed by atoms with Crippen LogP contribution in [0.15, 0.2) is 18.2 Å². The monoisotopic (exact) mass is 266 g/mol. The highest BCUT2D eigenvalue weighted by Gasteiger charge is 2.22. The minimum Gasteiger partial charge on any atom is -0.391 e. The van der Waals surface area contributed by atoms with E-state index in [0.717, 1.165) is 0 Å². The van der Waals surface area contributed by atoms with E-state index in [-0.39, 0.29) is 23.7 Å². The van der Waals surface area contributed by atoms with Gasteiger partial charge in [0.25, 0.3) is 5.69 Å². The SMILES string of the molecule is C[C@@H](O)[C@@H](N)c1cc(Cl)ccc1[N+](=O)[O-].Cl. The fraction of sp³-hybridized carbons (Fsp3) is 0.333. The van der Waals surface area contributed by atoms with Crippen molar-refractivity contribution in [3.05, 3.63) is 38.9 Å². The number of benzene rings is 1. The van der Waals surface area contributed by atoms with Gasteiger partial charge in [-0.3, -0.25) is 10.1 Å². The fourth-order valence-corrected chi connectivity index (χ4v) is 1.40. The Labute approximate surface area is 104 Å². The van der Waals surface area contributed by atoms with Gasteiger partial charge in [-0.25, -0.2) is 0 Å². The Bertz CT molecular complexity index is 385. The molecule has 1 aromatic rings. The standard InChI is InChI=1S/C9H11ClN2O3.ClH/c1-5(13)9(11)7-4-6(10)2-3-8(7)12(14)15;/h2-5,9,13H,11H2,1H3;1H/t5-,9-;/m1./s1. The number of aliphatic hydroxyl groups is 1. The maximum Gasteiger partial charge on any atom is 0.274 e. The first-order valence-corrected chi connectivity index (χ1v) is 4.68. The molecule has 1 aromatic carbocycles. The molecule has 90 valence electrons. The van der Waals surface area contributed by atoms with Crippen LogP contribution in [0.1, 0.15) is 18.5 Å². The summed E-state index contributed by atoms with van der Waals surface area (Å²) in [5.74, 6) is 0. The zero-order valence-electron chi connectivity index (χ0n) is 8.46. The highest BCUT2D eigenvalue weighted by Crippen LogP contribution is 2.28. The first kappa shape index (κ1) is 15.1. The van der Waals surface area contributed by atoms with E-state index in [2.05, 4.69) is 0 Å². The zero-order valence-corrected chi connectivity index (χ0v) is 10.0. The molecule has 0 bridgehead atoms. The van der Waals surface area contributed by atoms with E-state index in [1.165, 1.54) is 25.1 Å². The van der Waals surface area contributed by atoms with Crippen molar-refractivity contribution >= 4 is 29.7 Å². The summed E-state index contributed by atoms with van der Waals surface area (Å²) in [6.07, 6.45) is -0.873. The summed E-state index contributed by atoms with van der Waals surface area (Å²) in [4.78, 5) is 10.1. The second-order valence-electron chi connectivity index (χ2n) is 3.23. The maximum absolute atomic E-state index is 10.7. The van der Waals surface area contributed by atoms with Crippen molar-refractivity contribution in [3.8, 4) is 0 Å². The van der Waals surface area contributed by atoms with Crippen molar-refractivity contribution in [3.63, 3.8) is 0 Å². The topological polar surface area (TPSA) is 89.4 Å². The van der Waals surface area contributed by atoms with Gasteiger partial charge in [0.05, 0.1) is 22.6 Å². The van der Waals surface area contributed by atoms with Gasteiger partial charge in [0.15, 0.2) is 0 Å². The second-order valence-corrected chi connectivity index (χ2v) is 3.66. The predicted molar refractivity (Wildman–Crippen MR) is 64.0 cm³/mol. The van der Waals surface area contributed by atoms with Crippen LogP contribution in [0.2, 0.25) is 5.02 Å². The summed E-state index contributed by atoms with van der Waals surface area (Å²) in [5.41, 5.74) is 5.74. The van der Waals surface area contributed by atoms with Crippen LogP contribution in [0.3, 0.4) is 0 Å². The molecule has 5 nitrogen and oxygen atoms in total. The van der Waals surface area contributed by atoms with E-state index in [0.29, 0.717) is 5.02 Å². The van der Waals surface area contributed by atoms with Crippen LogP contribution in [0.25, 0.3) is 0 Å². The largest absolute Gasteiger partial charge is 0.391 e. The minimum absolute atomic E-state index is 0. The van der Waals surface area contributed by atoms with Crippen molar-refractivity contribution in [2.45, 2.75) is 19.1 Å². The quantitative estimate of drug-likeness (QED) is 0.647. The van der Waals surface area contributed by atoms with E-state index in [4.69, 9.17) is 17.3 Å². The van der Waals surface area contributed by atoms with Gasteiger partial charge in [0.2, 0.25) is 0 Å². The first-order valence-electron chi connectivity index (χ1n) is 4.31. The third-order valence-corrected chi connectivity index (χ3v) is 2.30. The molecule has 1 rings (SSSR count). The molecule has 0 aliphatic heterocycles. The van der Waals surface area contributed by atoms with Crippen molar-refractivity contribution in [1.29, 1.82) is 0 Å². The smallest absolute Gasteiger partial charge is 0.274 e. The Morgan fingerprint density at radius 1 is 1.56 bits per heavy atom. The number of nitrogens with two attached hydrogens (primary N) is 1. The van der Waals surface area contributed by atoms with Gasteiger partial charge in [0, 0.05) is 11.1 Å². The van der Waals surface area contributed by atoms with Gasteiger partial charge in [0.1, 0.15) is 0 Å². The lowest BCUT2D eigenvalue weighted by molar-refractivity contribution is -0.385. The summed E-state index contributed by atoms with van der Waals surface area (Å²) >= 11 is 5.71. The van der Waals surface area contributed by atoms with Crippen LogP contribution in [0.5, 0.6) is 0 Å². The molecular formula is C9H12Cl2N2O3. The number of rotatable bonds is 3. The van der Waals surface area contributed by atoms with Crippen LogP contribution in [-0.2, 0) is 0 Å². The minimum atomic E-state index is -0.873. The molecule has 0 aliphatic rings. The van der Waals surface area contributed by atoms with Crippen molar-refractivity contribution in [2.75, 3.05) is 0 Å². The zero-order chi connectivity index (χ0) is 11.6. The van der Waals surface area contributed by atoms with Gasteiger partial charge in [-0.2, -0.15) is 0 Å².